The lowest BCUT2D eigenvalue weighted by Gasteiger charge is -2.33. The van der Waals surface area contributed by atoms with Crippen LogP contribution < -0.4 is 4.72 Å². The van der Waals surface area contributed by atoms with E-state index in [1.54, 1.807) is 30.3 Å². The maximum atomic E-state index is 13.7. The van der Waals surface area contributed by atoms with Crippen molar-refractivity contribution in [1.29, 1.82) is 0 Å². The van der Waals surface area contributed by atoms with Gasteiger partial charge in [-0.3, -0.25) is 4.72 Å². The molecule has 3 nitrogen and oxygen atoms in total. The van der Waals surface area contributed by atoms with Gasteiger partial charge in [0.25, 0.3) is 0 Å². The number of rotatable bonds is 7. The summed E-state index contributed by atoms with van der Waals surface area (Å²) >= 11 is 0. The van der Waals surface area contributed by atoms with Gasteiger partial charge in [0.2, 0.25) is 0 Å². The summed E-state index contributed by atoms with van der Waals surface area (Å²) in [5.41, 5.74) is 0.633. The van der Waals surface area contributed by atoms with Gasteiger partial charge in [0.1, 0.15) is 0 Å². The van der Waals surface area contributed by atoms with Crippen LogP contribution in [0.15, 0.2) is 54.6 Å². The predicted molar refractivity (Wildman–Crippen MR) is 89.1 cm³/mol. The van der Waals surface area contributed by atoms with Gasteiger partial charge in [0.15, 0.2) is 0 Å². The first kappa shape index (κ1) is 23.8. The SMILES string of the molecule is O=S(=O)(Nc1ccc(Cc2ccccc2)cc1)C(F)(F)C(F)(F)C(F)(F)C(F)(F)F. The largest absolute Gasteiger partial charge is 0.460 e. The van der Waals surface area contributed by atoms with E-state index in [-0.39, 0.29) is 0 Å². The molecule has 2 rings (SSSR count). The zero-order valence-corrected chi connectivity index (χ0v) is 15.3. The van der Waals surface area contributed by atoms with Crippen LogP contribution in [0.4, 0.5) is 45.2 Å². The molecule has 0 aliphatic heterocycles. The third-order valence-electron chi connectivity index (χ3n) is 3.91. The molecule has 30 heavy (non-hydrogen) atoms. The smallest absolute Gasteiger partial charge is 0.278 e. The van der Waals surface area contributed by atoms with Crippen LogP contribution in [-0.4, -0.2) is 31.7 Å². The molecule has 0 aromatic heterocycles. The van der Waals surface area contributed by atoms with Crippen LogP contribution in [-0.2, 0) is 16.4 Å². The fourth-order valence-electron chi connectivity index (χ4n) is 2.27. The van der Waals surface area contributed by atoms with Crippen molar-refractivity contribution < 1.29 is 47.9 Å². The van der Waals surface area contributed by atoms with E-state index in [0.29, 0.717) is 12.0 Å². The number of hydrogen-bond donors (Lipinski definition) is 1. The van der Waals surface area contributed by atoms with Crippen LogP contribution in [0.5, 0.6) is 0 Å². The Morgan fingerprint density at radius 3 is 1.60 bits per heavy atom. The molecule has 0 spiro atoms. The highest BCUT2D eigenvalue weighted by molar-refractivity contribution is 7.93. The molecule has 1 N–H and O–H groups in total. The number of anilines is 1. The average Bonchev–Trinajstić information content (AvgIpc) is 2.62. The summed E-state index contributed by atoms with van der Waals surface area (Å²) in [6.07, 6.45) is -6.78. The zero-order valence-electron chi connectivity index (χ0n) is 14.5. The molecule has 0 fully saturated rings. The maximum Gasteiger partial charge on any atom is 0.460 e. The highest BCUT2D eigenvalue weighted by atomic mass is 32.2. The number of sulfonamides is 1. The van der Waals surface area contributed by atoms with Crippen LogP contribution >= 0.6 is 0 Å². The van der Waals surface area contributed by atoms with Crippen molar-refractivity contribution in [3.05, 3.63) is 65.7 Å². The van der Waals surface area contributed by atoms with Gasteiger partial charge >= 0.3 is 33.3 Å². The molecule has 0 aliphatic rings. The highest BCUT2D eigenvalue weighted by Crippen LogP contribution is 2.54. The van der Waals surface area contributed by atoms with Crippen molar-refractivity contribution in [2.45, 2.75) is 29.7 Å². The zero-order chi connectivity index (χ0) is 23.0. The molecule has 166 valence electrons. The number of alkyl halides is 9. The second kappa shape index (κ2) is 7.67. The van der Waals surface area contributed by atoms with Gasteiger partial charge in [0, 0.05) is 5.69 Å². The standard InChI is InChI=1S/C17H12F9NO2S/c18-14(19,16(22,23)24)15(20,21)17(25,26)30(28,29)27-13-8-6-12(7-9-13)10-11-4-2-1-3-5-11/h1-9,27H,10H2. The normalized spacial score (nSPS) is 13.9. The molecule has 13 heteroatoms. The Balaban J connectivity index is 2.26. The summed E-state index contributed by atoms with van der Waals surface area (Å²) in [5.74, 6) is -14.6. The van der Waals surface area contributed by atoms with Crippen molar-refractivity contribution in [3.8, 4) is 0 Å². The molecule has 0 atom stereocenters. The summed E-state index contributed by atoms with van der Waals surface area (Å²) < 4.78 is 140. The topological polar surface area (TPSA) is 46.2 Å². The fraction of sp³-hybridized carbons (Fsp3) is 0.294. The predicted octanol–water partition coefficient (Wildman–Crippen LogP) is 5.44. The summed E-state index contributed by atoms with van der Waals surface area (Å²) in [5, 5.41) is -6.79. The molecule has 0 saturated heterocycles. The molecular formula is C17H12F9NO2S. The van der Waals surface area contributed by atoms with E-state index in [2.05, 4.69) is 0 Å². The maximum absolute atomic E-state index is 13.7. The minimum absolute atomic E-state index is 0.333. The van der Waals surface area contributed by atoms with E-state index in [9.17, 15) is 47.9 Å². The molecular weight excluding hydrogens is 453 g/mol. The first-order valence-electron chi connectivity index (χ1n) is 7.88. The molecule has 2 aromatic carbocycles. The molecule has 0 amide bonds. The number of halogens is 9. The fourth-order valence-corrected chi connectivity index (χ4v) is 3.31. The van der Waals surface area contributed by atoms with Crippen LogP contribution in [0.25, 0.3) is 0 Å². The molecule has 0 heterocycles. The van der Waals surface area contributed by atoms with E-state index < -0.39 is 39.0 Å². The summed E-state index contributed by atoms with van der Waals surface area (Å²) in [4.78, 5) is 0. The molecule has 0 bridgehead atoms. The Labute approximate surface area is 164 Å². The lowest BCUT2D eigenvalue weighted by Crippen LogP contribution is -2.64. The van der Waals surface area contributed by atoms with Gasteiger partial charge in [0.05, 0.1) is 0 Å². The van der Waals surface area contributed by atoms with Crippen molar-refractivity contribution in [2.75, 3.05) is 4.72 Å². The quantitative estimate of drug-likeness (QED) is 0.554. The van der Waals surface area contributed by atoms with Crippen LogP contribution in [0, 0.1) is 0 Å². The second-order valence-electron chi connectivity index (χ2n) is 6.13. The van der Waals surface area contributed by atoms with Gasteiger partial charge in [-0.1, -0.05) is 42.5 Å². The molecule has 0 aliphatic carbocycles. The summed E-state index contributed by atoms with van der Waals surface area (Å²) in [6, 6.07) is 12.9. The van der Waals surface area contributed by atoms with Gasteiger partial charge in [-0.25, -0.2) is 0 Å². The summed E-state index contributed by atoms with van der Waals surface area (Å²) in [6.45, 7) is 0. The third kappa shape index (κ3) is 4.20. The highest BCUT2D eigenvalue weighted by Gasteiger charge is 2.85. The first-order valence-corrected chi connectivity index (χ1v) is 9.36. The van der Waals surface area contributed by atoms with E-state index in [4.69, 9.17) is 0 Å². The number of hydrogen-bond acceptors (Lipinski definition) is 2. The minimum Gasteiger partial charge on any atom is -0.278 e. The monoisotopic (exact) mass is 465 g/mol. The Morgan fingerprint density at radius 2 is 1.13 bits per heavy atom. The van der Waals surface area contributed by atoms with E-state index >= 15 is 0 Å². The molecule has 2 aromatic rings. The Morgan fingerprint density at radius 1 is 0.667 bits per heavy atom. The van der Waals surface area contributed by atoms with E-state index in [1.807, 2.05) is 0 Å². The Kier molecular flexibility index (Phi) is 6.09. The van der Waals surface area contributed by atoms with Crippen LogP contribution in [0.2, 0.25) is 0 Å². The number of benzene rings is 2. The third-order valence-corrected chi connectivity index (χ3v) is 5.35. The van der Waals surface area contributed by atoms with Gasteiger partial charge in [-0.05, 0) is 29.7 Å². The van der Waals surface area contributed by atoms with Crippen LogP contribution in [0.1, 0.15) is 11.1 Å². The van der Waals surface area contributed by atoms with Crippen molar-refractivity contribution in [2.24, 2.45) is 0 Å². The Bertz CT molecular complexity index is 973. The average molecular weight is 465 g/mol. The lowest BCUT2D eigenvalue weighted by atomic mass is 10.1. The summed E-state index contributed by atoms with van der Waals surface area (Å²) in [7, 11) is -6.70. The number of nitrogens with one attached hydrogen (secondary N) is 1. The second-order valence-corrected chi connectivity index (χ2v) is 7.85. The van der Waals surface area contributed by atoms with Gasteiger partial charge in [-0.2, -0.15) is 47.9 Å². The van der Waals surface area contributed by atoms with Crippen molar-refractivity contribution in [1.82, 2.24) is 0 Å². The van der Waals surface area contributed by atoms with E-state index in [1.165, 1.54) is 12.1 Å². The van der Waals surface area contributed by atoms with Crippen molar-refractivity contribution >= 4 is 15.7 Å². The lowest BCUT2D eigenvalue weighted by molar-refractivity contribution is -0.382. The van der Waals surface area contributed by atoms with Gasteiger partial charge < -0.3 is 0 Å². The molecule has 0 radical (unpaired) electrons. The van der Waals surface area contributed by atoms with E-state index in [0.717, 1.165) is 22.4 Å². The van der Waals surface area contributed by atoms with Gasteiger partial charge in [-0.15, -0.1) is 0 Å². The molecule has 0 unspecified atom stereocenters. The first-order chi connectivity index (χ1) is 13.5. The van der Waals surface area contributed by atoms with Crippen molar-refractivity contribution in [3.63, 3.8) is 0 Å². The van der Waals surface area contributed by atoms with Crippen LogP contribution in [0.3, 0.4) is 0 Å². The minimum atomic E-state index is -7.31. The Hall–Kier alpha value is -2.44. The molecule has 0 saturated carbocycles.